The lowest BCUT2D eigenvalue weighted by Gasteiger charge is -2.44. The Kier molecular flexibility index (Phi) is 4.63. The van der Waals surface area contributed by atoms with Crippen LogP contribution in [-0.2, 0) is 12.8 Å². The number of hydrogen-bond donors (Lipinski definition) is 2. The summed E-state index contributed by atoms with van der Waals surface area (Å²) in [7, 11) is 0. The summed E-state index contributed by atoms with van der Waals surface area (Å²) >= 11 is 0. The lowest BCUT2D eigenvalue weighted by molar-refractivity contribution is 0.0395. The van der Waals surface area contributed by atoms with Crippen LogP contribution in [0.15, 0.2) is 36.4 Å². The molecule has 0 unspecified atom stereocenters. The molecule has 4 nitrogen and oxygen atoms in total. The SMILES string of the molecule is Cc1ccc(C)c(N2CCN([C@H]3Cc4cc(N)ccc4C[C@@H]3O)CC2)c1. The molecule has 26 heavy (non-hydrogen) atoms. The van der Waals surface area contributed by atoms with Crippen molar-refractivity contribution in [3.8, 4) is 0 Å². The van der Waals surface area contributed by atoms with Crippen LogP contribution in [0.5, 0.6) is 0 Å². The summed E-state index contributed by atoms with van der Waals surface area (Å²) in [5.41, 5.74) is 13.3. The molecule has 1 fully saturated rings. The number of aliphatic hydroxyl groups excluding tert-OH is 1. The van der Waals surface area contributed by atoms with E-state index in [9.17, 15) is 5.11 Å². The van der Waals surface area contributed by atoms with Crippen molar-refractivity contribution in [3.05, 3.63) is 58.7 Å². The van der Waals surface area contributed by atoms with Crippen LogP contribution in [0.4, 0.5) is 11.4 Å². The monoisotopic (exact) mass is 351 g/mol. The van der Waals surface area contributed by atoms with Crippen molar-refractivity contribution in [1.82, 2.24) is 4.90 Å². The van der Waals surface area contributed by atoms with Gasteiger partial charge in [-0.15, -0.1) is 0 Å². The highest BCUT2D eigenvalue weighted by molar-refractivity contribution is 5.55. The van der Waals surface area contributed by atoms with Crippen LogP contribution in [0.25, 0.3) is 0 Å². The largest absolute Gasteiger partial charge is 0.399 e. The molecule has 2 aromatic rings. The average molecular weight is 351 g/mol. The van der Waals surface area contributed by atoms with Gasteiger partial charge in [-0.25, -0.2) is 0 Å². The van der Waals surface area contributed by atoms with Crippen molar-refractivity contribution in [2.24, 2.45) is 0 Å². The Morgan fingerprint density at radius 3 is 2.46 bits per heavy atom. The lowest BCUT2D eigenvalue weighted by Crippen LogP contribution is -2.56. The molecule has 138 valence electrons. The highest BCUT2D eigenvalue weighted by atomic mass is 16.3. The molecule has 4 rings (SSSR count). The first kappa shape index (κ1) is 17.4. The van der Waals surface area contributed by atoms with E-state index >= 15 is 0 Å². The van der Waals surface area contributed by atoms with Gasteiger partial charge in [0.05, 0.1) is 6.10 Å². The average Bonchev–Trinajstić information content (AvgIpc) is 2.64. The fourth-order valence-electron chi connectivity index (χ4n) is 4.48. The number of rotatable bonds is 2. The second-order valence-electron chi connectivity index (χ2n) is 7.88. The summed E-state index contributed by atoms with van der Waals surface area (Å²) in [6.45, 7) is 8.35. The van der Waals surface area contributed by atoms with Crippen LogP contribution < -0.4 is 10.6 Å². The van der Waals surface area contributed by atoms with Gasteiger partial charge in [-0.1, -0.05) is 18.2 Å². The van der Waals surface area contributed by atoms with Crippen molar-refractivity contribution in [2.45, 2.75) is 38.8 Å². The van der Waals surface area contributed by atoms with Gasteiger partial charge in [0, 0.05) is 50.0 Å². The molecule has 1 saturated heterocycles. The maximum atomic E-state index is 10.7. The molecule has 0 aromatic heterocycles. The molecule has 4 heteroatoms. The Labute approximate surface area is 156 Å². The zero-order chi connectivity index (χ0) is 18.3. The van der Waals surface area contributed by atoms with E-state index in [0.717, 1.165) is 44.7 Å². The van der Waals surface area contributed by atoms with Gasteiger partial charge in [0.1, 0.15) is 0 Å². The third-order valence-electron chi connectivity index (χ3n) is 6.02. The smallest absolute Gasteiger partial charge is 0.0739 e. The molecule has 1 aliphatic carbocycles. The second kappa shape index (κ2) is 6.93. The van der Waals surface area contributed by atoms with Crippen LogP contribution in [0, 0.1) is 13.8 Å². The number of piperazine rings is 1. The second-order valence-corrected chi connectivity index (χ2v) is 7.88. The zero-order valence-electron chi connectivity index (χ0n) is 15.8. The Bertz CT molecular complexity index is 796. The molecular formula is C22H29N3O. The molecule has 0 spiro atoms. The van der Waals surface area contributed by atoms with Gasteiger partial charge in [-0.05, 0) is 60.7 Å². The number of fused-ring (bicyclic) bond motifs is 1. The highest BCUT2D eigenvalue weighted by Crippen LogP contribution is 2.29. The standard InChI is InChI=1S/C22H29N3O/c1-15-3-4-16(2)20(11-15)24-7-9-25(10-8-24)21-13-18-12-19(23)6-5-17(18)14-22(21)26/h3-6,11-12,21-22,26H,7-10,13-14,23H2,1-2H3/t21-,22-/m0/s1. The van der Waals surface area contributed by atoms with Crippen molar-refractivity contribution < 1.29 is 5.11 Å². The number of benzene rings is 2. The third kappa shape index (κ3) is 3.31. The van der Waals surface area contributed by atoms with Crippen LogP contribution in [0.2, 0.25) is 0 Å². The van der Waals surface area contributed by atoms with Gasteiger partial charge in [0.15, 0.2) is 0 Å². The Morgan fingerprint density at radius 1 is 0.923 bits per heavy atom. The Balaban J connectivity index is 1.45. The first-order chi connectivity index (χ1) is 12.5. The minimum absolute atomic E-state index is 0.199. The fourth-order valence-corrected chi connectivity index (χ4v) is 4.48. The van der Waals surface area contributed by atoms with Crippen molar-refractivity contribution in [1.29, 1.82) is 0 Å². The van der Waals surface area contributed by atoms with E-state index in [1.807, 2.05) is 6.07 Å². The molecule has 2 aliphatic rings. The number of anilines is 2. The predicted molar refractivity (Wildman–Crippen MR) is 108 cm³/mol. The summed E-state index contributed by atoms with van der Waals surface area (Å²) in [5.74, 6) is 0. The molecule has 3 N–H and O–H groups in total. The Morgan fingerprint density at radius 2 is 1.69 bits per heavy atom. The quantitative estimate of drug-likeness (QED) is 0.817. The fraction of sp³-hybridized carbons (Fsp3) is 0.455. The van der Waals surface area contributed by atoms with E-state index in [4.69, 9.17) is 5.73 Å². The third-order valence-corrected chi connectivity index (χ3v) is 6.02. The van der Waals surface area contributed by atoms with Crippen LogP contribution in [-0.4, -0.2) is 48.3 Å². The minimum Gasteiger partial charge on any atom is -0.399 e. The maximum Gasteiger partial charge on any atom is 0.0739 e. The van der Waals surface area contributed by atoms with E-state index < -0.39 is 0 Å². The Hall–Kier alpha value is -2.04. The molecule has 1 heterocycles. The summed E-state index contributed by atoms with van der Waals surface area (Å²) in [4.78, 5) is 4.96. The molecule has 0 bridgehead atoms. The first-order valence-electron chi connectivity index (χ1n) is 9.63. The predicted octanol–water partition coefficient (Wildman–Crippen LogP) is 2.54. The number of aliphatic hydroxyl groups is 1. The topological polar surface area (TPSA) is 52.7 Å². The van der Waals surface area contributed by atoms with E-state index in [0.29, 0.717) is 0 Å². The van der Waals surface area contributed by atoms with Crippen LogP contribution in [0.3, 0.4) is 0 Å². The number of hydrogen-bond acceptors (Lipinski definition) is 4. The van der Waals surface area contributed by atoms with Crippen LogP contribution >= 0.6 is 0 Å². The van der Waals surface area contributed by atoms with Crippen molar-refractivity contribution in [2.75, 3.05) is 36.8 Å². The van der Waals surface area contributed by atoms with Crippen molar-refractivity contribution >= 4 is 11.4 Å². The number of nitrogen functional groups attached to an aromatic ring is 1. The van der Waals surface area contributed by atoms with Crippen LogP contribution in [0.1, 0.15) is 22.3 Å². The highest BCUT2D eigenvalue weighted by Gasteiger charge is 2.33. The molecule has 0 saturated carbocycles. The van der Waals surface area contributed by atoms with Gasteiger partial charge >= 0.3 is 0 Å². The van der Waals surface area contributed by atoms with Gasteiger partial charge < -0.3 is 15.7 Å². The van der Waals surface area contributed by atoms with Crippen molar-refractivity contribution in [3.63, 3.8) is 0 Å². The molecule has 2 atom stereocenters. The molecule has 0 radical (unpaired) electrons. The first-order valence-corrected chi connectivity index (χ1v) is 9.63. The number of aryl methyl sites for hydroxylation is 2. The number of nitrogens with two attached hydrogens (primary N) is 1. The lowest BCUT2D eigenvalue weighted by atomic mass is 9.85. The van der Waals surface area contributed by atoms with Gasteiger partial charge in [-0.3, -0.25) is 4.90 Å². The van der Waals surface area contributed by atoms with Gasteiger partial charge in [-0.2, -0.15) is 0 Å². The van der Waals surface area contributed by atoms with E-state index in [1.165, 1.54) is 27.9 Å². The van der Waals surface area contributed by atoms with Gasteiger partial charge in [0.25, 0.3) is 0 Å². The van der Waals surface area contributed by atoms with E-state index in [2.05, 4.69) is 54.0 Å². The van der Waals surface area contributed by atoms with E-state index in [1.54, 1.807) is 0 Å². The molecule has 0 amide bonds. The molecular weight excluding hydrogens is 322 g/mol. The summed E-state index contributed by atoms with van der Waals surface area (Å²) in [5, 5.41) is 10.7. The molecule has 1 aliphatic heterocycles. The van der Waals surface area contributed by atoms with E-state index in [-0.39, 0.29) is 12.1 Å². The summed E-state index contributed by atoms with van der Waals surface area (Å²) in [6, 6.07) is 13.0. The number of nitrogens with zero attached hydrogens (tertiary/aromatic N) is 2. The molecule has 2 aromatic carbocycles. The maximum absolute atomic E-state index is 10.7. The summed E-state index contributed by atoms with van der Waals surface area (Å²) in [6.07, 6.45) is 1.33. The van der Waals surface area contributed by atoms with Gasteiger partial charge in [0.2, 0.25) is 0 Å². The summed E-state index contributed by atoms with van der Waals surface area (Å²) < 4.78 is 0. The normalized spacial score (nSPS) is 23.7. The minimum atomic E-state index is -0.293. The zero-order valence-corrected chi connectivity index (χ0v) is 15.8.